The number of nitrogens with zero attached hydrogens (tertiary/aromatic N) is 2. The fourth-order valence-electron chi connectivity index (χ4n) is 2.19. The Kier molecular flexibility index (Phi) is 9.51. The van der Waals surface area contributed by atoms with Crippen molar-refractivity contribution in [3.05, 3.63) is 88.5 Å². The summed E-state index contributed by atoms with van der Waals surface area (Å²) in [6.45, 7) is 8.75. The van der Waals surface area contributed by atoms with E-state index in [1.165, 1.54) is 34.1 Å². The Morgan fingerprint density at radius 1 is 1.07 bits per heavy atom. The van der Waals surface area contributed by atoms with Gasteiger partial charge in [-0.15, -0.1) is 23.1 Å². The molecule has 2 aromatic rings. The Hall–Kier alpha value is -2.93. The summed E-state index contributed by atoms with van der Waals surface area (Å²) in [5.74, 6) is 2.09. The van der Waals surface area contributed by atoms with Crippen molar-refractivity contribution in [3.8, 4) is 10.6 Å². The molecule has 2 aromatic heterocycles. The van der Waals surface area contributed by atoms with Crippen LogP contribution in [-0.4, -0.2) is 15.8 Å². The average Bonchev–Trinajstić information content (AvgIpc) is 3.38. The zero-order chi connectivity index (χ0) is 20.0. The minimum atomic E-state index is 0.921. The van der Waals surface area contributed by atoms with Crippen LogP contribution in [0.2, 0.25) is 0 Å². The molecule has 0 fully saturated rings. The molecule has 0 saturated carbocycles. The van der Waals surface area contributed by atoms with Crippen LogP contribution in [0.4, 0.5) is 5.82 Å². The fraction of sp³-hybridized carbons (Fsp3) is 0.208. The van der Waals surface area contributed by atoms with Gasteiger partial charge in [0.1, 0.15) is 0 Å². The molecule has 1 aliphatic rings. The maximum absolute atomic E-state index is 4.68. The molecular weight excluding hydrogens is 380 g/mol. The largest absolute Gasteiger partial charge is 0.228 e. The molecule has 0 spiro atoms. The molecule has 4 heteroatoms. The normalized spacial score (nSPS) is 10.2. The molecule has 3 rings (SSSR count). The van der Waals surface area contributed by atoms with Gasteiger partial charge in [0.2, 0.25) is 0 Å². The smallest absolute Gasteiger partial charge is 0.157 e. The molecule has 0 aromatic carbocycles. The van der Waals surface area contributed by atoms with Crippen LogP contribution in [0.3, 0.4) is 0 Å². The molecule has 0 atom stereocenters. The first-order chi connectivity index (χ1) is 13.8. The third-order valence-electron chi connectivity index (χ3n) is 3.50. The van der Waals surface area contributed by atoms with Crippen LogP contribution in [0.5, 0.6) is 0 Å². The van der Waals surface area contributed by atoms with Crippen LogP contribution >= 0.6 is 23.1 Å². The summed E-state index contributed by atoms with van der Waals surface area (Å²) in [5.41, 5.74) is 19.3. The van der Waals surface area contributed by atoms with E-state index in [0.29, 0.717) is 0 Å². The van der Waals surface area contributed by atoms with Crippen molar-refractivity contribution in [2.75, 3.05) is 5.75 Å². The zero-order valence-electron chi connectivity index (χ0n) is 15.8. The van der Waals surface area contributed by atoms with Crippen molar-refractivity contribution in [2.24, 2.45) is 4.99 Å². The summed E-state index contributed by atoms with van der Waals surface area (Å²) in [6, 6.07) is 8.45. The van der Waals surface area contributed by atoms with Gasteiger partial charge in [-0.05, 0) is 71.5 Å². The van der Waals surface area contributed by atoms with Gasteiger partial charge < -0.3 is 0 Å². The maximum atomic E-state index is 4.68. The third-order valence-corrected chi connectivity index (χ3v) is 5.45. The van der Waals surface area contributed by atoms with E-state index < -0.39 is 0 Å². The summed E-state index contributed by atoms with van der Waals surface area (Å²) in [5, 5.41) is 3.30. The molecule has 0 amide bonds. The van der Waals surface area contributed by atoms with Gasteiger partial charge in [-0.1, -0.05) is 36.9 Å². The van der Waals surface area contributed by atoms with E-state index in [4.69, 9.17) is 0 Å². The fourth-order valence-corrected chi connectivity index (χ4v) is 3.97. The number of aliphatic imine (C=N–C) groups is 1. The van der Waals surface area contributed by atoms with Crippen LogP contribution in [0.25, 0.3) is 10.6 Å². The van der Waals surface area contributed by atoms with Crippen molar-refractivity contribution < 1.29 is 0 Å². The lowest BCUT2D eigenvalue weighted by atomic mass is 10.2. The van der Waals surface area contributed by atoms with Gasteiger partial charge in [0.25, 0.3) is 0 Å². The molecule has 0 bridgehead atoms. The quantitative estimate of drug-likeness (QED) is 0.416. The lowest BCUT2D eigenvalue weighted by molar-refractivity contribution is 0.898. The maximum Gasteiger partial charge on any atom is 0.157 e. The number of hydrogen-bond donors (Lipinski definition) is 0. The average molecular weight is 401 g/mol. The molecule has 0 radical (unpaired) electrons. The standard InChI is InChI=1S/C15H16N2S2.C9H4/c1-2-3-8-19-14-10-11-6-7-12(16-15(11)17-14)13-5-4-9-18-13;1-3-5-7-9-8-6-4-2/h4-7,9H,2-3,8,10H2,1H3;1-2H2. The van der Waals surface area contributed by atoms with Crippen LogP contribution < -0.4 is 0 Å². The van der Waals surface area contributed by atoms with Crippen molar-refractivity contribution in [1.82, 2.24) is 4.98 Å². The summed E-state index contributed by atoms with van der Waals surface area (Å²) < 4.78 is 0. The molecule has 0 unspecified atom stereocenters. The van der Waals surface area contributed by atoms with Gasteiger partial charge in [-0.3, -0.25) is 0 Å². The SMILES string of the molecule is C=C=C=C=C=C=C=C=C.CCCCSC1=Nc2nc(-c3cccs3)ccc2C1. The van der Waals surface area contributed by atoms with E-state index in [-0.39, 0.29) is 0 Å². The lowest BCUT2D eigenvalue weighted by Crippen LogP contribution is -1.93. The predicted octanol–water partition coefficient (Wildman–Crippen LogP) is 6.82. The highest BCUT2D eigenvalue weighted by Gasteiger charge is 2.17. The van der Waals surface area contributed by atoms with Crippen molar-refractivity contribution in [2.45, 2.75) is 26.2 Å². The Morgan fingerprint density at radius 3 is 2.46 bits per heavy atom. The highest BCUT2D eigenvalue weighted by atomic mass is 32.2. The van der Waals surface area contributed by atoms with Crippen LogP contribution in [0, 0.1) is 0 Å². The monoisotopic (exact) mass is 400 g/mol. The van der Waals surface area contributed by atoms with Crippen LogP contribution in [-0.2, 0) is 6.42 Å². The predicted molar refractivity (Wildman–Crippen MR) is 122 cm³/mol. The number of aromatic nitrogens is 1. The topological polar surface area (TPSA) is 25.2 Å². The number of fused-ring (bicyclic) bond motifs is 1. The number of pyridine rings is 1. The minimum absolute atomic E-state index is 0.921. The van der Waals surface area contributed by atoms with Gasteiger partial charge in [-0.25, -0.2) is 9.98 Å². The number of hydrogen-bond acceptors (Lipinski definition) is 4. The van der Waals surface area contributed by atoms with E-state index >= 15 is 0 Å². The summed E-state index contributed by atoms with van der Waals surface area (Å²) in [4.78, 5) is 10.6. The highest BCUT2D eigenvalue weighted by Crippen LogP contribution is 2.32. The molecule has 1 aliphatic heterocycles. The first kappa shape index (κ1) is 21.4. The molecule has 3 heterocycles. The molecule has 0 aliphatic carbocycles. The Labute approximate surface area is 174 Å². The van der Waals surface area contributed by atoms with E-state index in [1.807, 2.05) is 11.8 Å². The summed E-state index contributed by atoms with van der Waals surface area (Å²) >= 11 is 3.60. The van der Waals surface area contributed by atoms with Gasteiger partial charge in [0.15, 0.2) is 5.82 Å². The van der Waals surface area contributed by atoms with Crippen molar-refractivity contribution in [3.63, 3.8) is 0 Å². The molecule has 28 heavy (non-hydrogen) atoms. The van der Waals surface area contributed by atoms with Crippen molar-refractivity contribution in [1.29, 1.82) is 0 Å². The second-order valence-corrected chi connectivity index (χ2v) is 7.64. The molecule has 2 nitrogen and oxygen atoms in total. The number of rotatable bonds is 4. The van der Waals surface area contributed by atoms with E-state index in [1.54, 1.807) is 11.3 Å². The minimum Gasteiger partial charge on any atom is -0.228 e. The summed E-state index contributed by atoms with van der Waals surface area (Å²) in [7, 11) is 0. The molecular formula is C24H20N2S2. The van der Waals surface area contributed by atoms with Crippen LogP contribution in [0.15, 0.2) is 87.9 Å². The van der Waals surface area contributed by atoms with Crippen LogP contribution in [0.1, 0.15) is 25.3 Å². The lowest BCUT2D eigenvalue weighted by Gasteiger charge is -1.99. The second-order valence-electron chi connectivity index (χ2n) is 5.52. The zero-order valence-corrected chi connectivity index (χ0v) is 17.5. The Balaban J connectivity index is 0.000000266. The Bertz CT molecular complexity index is 1050. The van der Waals surface area contributed by atoms with Gasteiger partial charge in [-0.2, -0.15) is 0 Å². The van der Waals surface area contributed by atoms with E-state index in [0.717, 1.165) is 17.9 Å². The third kappa shape index (κ3) is 7.00. The number of unbranched alkanes of at least 4 members (excludes halogenated alkanes) is 1. The molecule has 0 N–H and O–H groups in total. The number of thiophene rings is 1. The van der Waals surface area contributed by atoms with Gasteiger partial charge in [0.05, 0.1) is 15.6 Å². The molecule has 0 saturated heterocycles. The van der Waals surface area contributed by atoms with Crippen molar-refractivity contribution >= 4 is 34.0 Å². The van der Waals surface area contributed by atoms with E-state index in [9.17, 15) is 0 Å². The first-order valence-corrected chi connectivity index (χ1v) is 10.7. The van der Waals surface area contributed by atoms with Gasteiger partial charge >= 0.3 is 0 Å². The number of thioether (sulfide) groups is 1. The van der Waals surface area contributed by atoms with Gasteiger partial charge in [0, 0.05) is 12.0 Å². The first-order valence-electron chi connectivity index (χ1n) is 8.81. The Morgan fingerprint density at radius 2 is 1.82 bits per heavy atom. The second kappa shape index (κ2) is 12.5. The van der Waals surface area contributed by atoms with E-state index in [2.05, 4.69) is 99.8 Å². The molecule has 138 valence electrons. The summed E-state index contributed by atoms with van der Waals surface area (Å²) in [6.07, 6.45) is 3.46. The highest BCUT2D eigenvalue weighted by molar-refractivity contribution is 8.14.